The number of hydrogen-bond acceptors (Lipinski definition) is 7. The van der Waals surface area contributed by atoms with Gasteiger partial charge in [0.2, 0.25) is 5.95 Å². The second-order valence-corrected chi connectivity index (χ2v) is 10.0. The number of amides is 1. The molecule has 2 saturated heterocycles. The van der Waals surface area contributed by atoms with Gasteiger partial charge >= 0.3 is 0 Å². The van der Waals surface area contributed by atoms with Gasteiger partial charge in [-0.2, -0.15) is 0 Å². The first-order valence-corrected chi connectivity index (χ1v) is 12.3. The number of nitrogens with zero attached hydrogens (tertiary/aromatic N) is 5. The molecule has 0 spiro atoms. The van der Waals surface area contributed by atoms with E-state index in [2.05, 4.69) is 14.9 Å². The number of carbonyl (C=O) groups excluding carboxylic acids is 1. The van der Waals surface area contributed by atoms with E-state index in [0.29, 0.717) is 43.1 Å². The molecule has 8 nitrogen and oxygen atoms in total. The number of sulfone groups is 1. The minimum Gasteiger partial charge on any atom is -0.341 e. The molecule has 0 atom stereocenters. The molecule has 0 saturated carbocycles. The van der Waals surface area contributed by atoms with Gasteiger partial charge in [0.15, 0.2) is 9.84 Å². The smallest absolute Gasteiger partial charge is 0.255 e. The number of hydrogen-bond donors (Lipinski definition) is 0. The number of anilines is 1. The van der Waals surface area contributed by atoms with Crippen molar-refractivity contribution < 1.29 is 13.2 Å². The summed E-state index contributed by atoms with van der Waals surface area (Å²) in [6, 6.07) is 3.51. The summed E-state index contributed by atoms with van der Waals surface area (Å²) in [4.78, 5) is 30.0. The van der Waals surface area contributed by atoms with Crippen LogP contribution in [-0.4, -0.2) is 66.6 Å². The van der Waals surface area contributed by atoms with E-state index >= 15 is 0 Å². The summed E-state index contributed by atoms with van der Waals surface area (Å²) in [5, 5.41) is 0. The highest BCUT2D eigenvalue weighted by Gasteiger charge is 2.30. The zero-order valence-corrected chi connectivity index (χ0v) is 18.0. The molecule has 2 aromatic heterocycles. The van der Waals surface area contributed by atoms with Crippen molar-refractivity contribution in [1.82, 2.24) is 19.9 Å². The Morgan fingerprint density at radius 2 is 1.80 bits per heavy atom. The summed E-state index contributed by atoms with van der Waals surface area (Å²) >= 11 is 0. The van der Waals surface area contributed by atoms with E-state index in [-0.39, 0.29) is 16.7 Å². The minimum atomic E-state index is -3.44. The maximum Gasteiger partial charge on any atom is 0.255 e. The molecule has 0 radical (unpaired) electrons. The standard InChI is InChI=1S/C21H27N5O3S/c1-30(28,29)18-15-23-21(26-10-3-2-4-11-26)24-19(18)16-7-12-25(13-8-16)20(27)17-6-5-9-22-14-17/h5-6,9,14-16H,2-4,7-8,10-13H2,1H3. The third kappa shape index (κ3) is 4.45. The van der Waals surface area contributed by atoms with Gasteiger partial charge in [-0.15, -0.1) is 0 Å². The molecule has 0 bridgehead atoms. The molecule has 2 aromatic rings. The van der Waals surface area contributed by atoms with Gasteiger partial charge in [-0.3, -0.25) is 9.78 Å². The molecular weight excluding hydrogens is 402 g/mol. The van der Waals surface area contributed by atoms with E-state index in [1.54, 1.807) is 29.4 Å². The van der Waals surface area contributed by atoms with Crippen molar-refractivity contribution in [3.63, 3.8) is 0 Å². The third-order valence-corrected chi connectivity index (χ3v) is 7.00. The lowest BCUT2D eigenvalue weighted by molar-refractivity contribution is 0.0711. The van der Waals surface area contributed by atoms with E-state index in [1.807, 2.05) is 0 Å². The number of piperidine rings is 2. The van der Waals surface area contributed by atoms with Crippen LogP contribution in [0.15, 0.2) is 35.6 Å². The summed E-state index contributed by atoms with van der Waals surface area (Å²) in [6.07, 6.45) is 10.6. The Bertz CT molecular complexity index is 999. The minimum absolute atomic E-state index is 0.0146. The Morgan fingerprint density at radius 3 is 2.43 bits per heavy atom. The maximum absolute atomic E-state index is 12.7. The molecule has 1 amide bonds. The summed E-state index contributed by atoms with van der Waals surface area (Å²) in [6.45, 7) is 2.92. The van der Waals surface area contributed by atoms with Crippen molar-refractivity contribution in [1.29, 1.82) is 0 Å². The molecule has 4 rings (SSSR count). The van der Waals surface area contributed by atoms with E-state index in [0.717, 1.165) is 25.9 Å². The molecule has 4 heterocycles. The van der Waals surface area contributed by atoms with Crippen molar-refractivity contribution >= 4 is 21.7 Å². The van der Waals surface area contributed by atoms with Gasteiger partial charge in [0, 0.05) is 50.7 Å². The average molecular weight is 430 g/mol. The summed E-state index contributed by atoms with van der Waals surface area (Å²) < 4.78 is 24.8. The van der Waals surface area contributed by atoms with Crippen molar-refractivity contribution in [2.24, 2.45) is 0 Å². The lowest BCUT2D eigenvalue weighted by Crippen LogP contribution is -2.38. The molecule has 0 aliphatic carbocycles. The molecular formula is C21H27N5O3S. The molecule has 30 heavy (non-hydrogen) atoms. The highest BCUT2D eigenvalue weighted by Crippen LogP contribution is 2.32. The largest absolute Gasteiger partial charge is 0.341 e. The van der Waals surface area contributed by atoms with Crippen LogP contribution in [-0.2, 0) is 9.84 Å². The van der Waals surface area contributed by atoms with Gasteiger partial charge in [-0.05, 0) is 44.2 Å². The molecule has 160 valence electrons. The van der Waals surface area contributed by atoms with Crippen LogP contribution in [0.2, 0.25) is 0 Å². The molecule has 0 aromatic carbocycles. The molecule has 9 heteroatoms. The molecule has 0 N–H and O–H groups in total. The van der Waals surface area contributed by atoms with E-state index in [1.165, 1.54) is 18.9 Å². The number of aromatic nitrogens is 3. The second-order valence-electron chi connectivity index (χ2n) is 8.05. The van der Waals surface area contributed by atoms with Crippen LogP contribution in [0.4, 0.5) is 5.95 Å². The highest BCUT2D eigenvalue weighted by atomic mass is 32.2. The summed E-state index contributed by atoms with van der Waals surface area (Å²) in [5.41, 5.74) is 1.17. The van der Waals surface area contributed by atoms with Crippen LogP contribution in [0.25, 0.3) is 0 Å². The average Bonchev–Trinajstić information content (AvgIpc) is 2.79. The van der Waals surface area contributed by atoms with E-state index < -0.39 is 9.84 Å². The fourth-order valence-electron chi connectivity index (χ4n) is 4.23. The van der Waals surface area contributed by atoms with E-state index in [9.17, 15) is 13.2 Å². The maximum atomic E-state index is 12.7. The zero-order chi connectivity index (χ0) is 21.1. The topological polar surface area (TPSA) is 96.4 Å². The van der Waals surface area contributed by atoms with Crippen molar-refractivity contribution in [3.8, 4) is 0 Å². The predicted octanol–water partition coefficient (Wildman–Crippen LogP) is 2.29. The van der Waals surface area contributed by atoms with Crippen LogP contribution < -0.4 is 4.90 Å². The Hall–Kier alpha value is -2.55. The molecule has 2 aliphatic heterocycles. The fraction of sp³-hybridized carbons (Fsp3) is 0.524. The van der Waals surface area contributed by atoms with Gasteiger partial charge in [-0.1, -0.05) is 0 Å². The van der Waals surface area contributed by atoms with Crippen LogP contribution in [0.5, 0.6) is 0 Å². The Labute approximate surface area is 177 Å². The molecule has 0 unspecified atom stereocenters. The van der Waals surface area contributed by atoms with Crippen molar-refractivity contribution in [3.05, 3.63) is 42.0 Å². The quantitative estimate of drug-likeness (QED) is 0.736. The number of carbonyl (C=O) groups is 1. The molecule has 2 fully saturated rings. The SMILES string of the molecule is CS(=O)(=O)c1cnc(N2CCCCC2)nc1C1CCN(C(=O)c2cccnc2)CC1. The first-order valence-electron chi connectivity index (χ1n) is 10.4. The normalized spacial score (nSPS) is 18.4. The van der Waals surface area contributed by atoms with Crippen LogP contribution >= 0.6 is 0 Å². The first kappa shape index (κ1) is 20.7. The first-order chi connectivity index (χ1) is 14.4. The monoisotopic (exact) mass is 429 g/mol. The van der Waals surface area contributed by atoms with Gasteiger partial charge in [0.1, 0.15) is 4.90 Å². The van der Waals surface area contributed by atoms with Gasteiger partial charge < -0.3 is 9.80 Å². The summed E-state index contributed by atoms with van der Waals surface area (Å²) in [7, 11) is -3.44. The fourth-order valence-corrected chi connectivity index (χ4v) is 5.06. The number of pyridine rings is 1. The van der Waals surface area contributed by atoms with E-state index in [4.69, 9.17) is 4.98 Å². The highest BCUT2D eigenvalue weighted by molar-refractivity contribution is 7.90. The van der Waals surface area contributed by atoms with Crippen molar-refractivity contribution in [2.75, 3.05) is 37.3 Å². The Balaban J connectivity index is 1.55. The predicted molar refractivity (Wildman–Crippen MR) is 113 cm³/mol. The van der Waals surface area contributed by atoms with Crippen LogP contribution in [0.3, 0.4) is 0 Å². The number of likely N-dealkylation sites (tertiary alicyclic amines) is 1. The van der Waals surface area contributed by atoms with Gasteiger partial charge in [-0.25, -0.2) is 18.4 Å². The zero-order valence-electron chi connectivity index (χ0n) is 17.2. The lowest BCUT2D eigenvalue weighted by Gasteiger charge is -2.33. The third-order valence-electron chi connectivity index (χ3n) is 5.89. The summed E-state index contributed by atoms with van der Waals surface area (Å²) in [5.74, 6) is 0.562. The number of rotatable bonds is 4. The Morgan fingerprint density at radius 1 is 1.07 bits per heavy atom. The van der Waals surface area contributed by atoms with Gasteiger partial charge in [0.25, 0.3) is 5.91 Å². The molecule has 2 aliphatic rings. The van der Waals surface area contributed by atoms with Crippen molar-refractivity contribution in [2.45, 2.75) is 42.9 Å². The van der Waals surface area contributed by atoms with Crippen LogP contribution in [0.1, 0.15) is 54.1 Å². The van der Waals surface area contributed by atoms with Gasteiger partial charge in [0.05, 0.1) is 17.5 Å². The Kier molecular flexibility index (Phi) is 5.99. The second kappa shape index (κ2) is 8.67. The lowest BCUT2D eigenvalue weighted by atomic mass is 9.93. The van der Waals surface area contributed by atoms with Crippen LogP contribution in [0, 0.1) is 0 Å².